The predicted molar refractivity (Wildman–Crippen MR) is 45.1 cm³/mol. The van der Waals surface area contributed by atoms with Crippen molar-refractivity contribution in [1.29, 1.82) is 0 Å². The van der Waals surface area contributed by atoms with Gasteiger partial charge in [0, 0.05) is 0 Å². The van der Waals surface area contributed by atoms with Crippen LogP contribution in [0, 0.1) is 0 Å². The van der Waals surface area contributed by atoms with Crippen molar-refractivity contribution in [2.45, 2.75) is 12.8 Å². The summed E-state index contributed by atoms with van der Waals surface area (Å²) in [6.07, 6.45) is -0.0257. The van der Waals surface area contributed by atoms with Crippen LogP contribution in [0.2, 0.25) is 0 Å². The van der Waals surface area contributed by atoms with Crippen LogP contribution in [-0.4, -0.2) is 39.4 Å². The molecule has 0 saturated carbocycles. The summed E-state index contributed by atoms with van der Waals surface area (Å²) < 4.78 is 40.9. The van der Waals surface area contributed by atoms with Gasteiger partial charge in [0.15, 0.2) is 0 Å². The third-order valence-corrected chi connectivity index (χ3v) is 1.62. The van der Waals surface area contributed by atoms with E-state index in [4.69, 9.17) is 4.55 Å². The summed E-state index contributed by atoms with van der Waals surface area (Å²) in [5, 5.41) is 0. The van der Waals surface area contributed by atoms with Crippen molar-refractivity contribution in [3.05, 3.63) is 0 Å². The monoisotopic (exact) mass is 228 g/mol. The predicted octanol–water partition coefficient (Wildman–Crippen LogP) is 0.369. The first-order valence-corrected chi connectivity index (χ1v) is 5.15. The lowest BCUT2D eigenvalue weighted by Crippen LogP contribution is -2.08. The molecule has 0 spiro atoms. The molecule has 0 atom stereocenters. The number of ether oxygens (including phenoxy) is 2. The number of rotatable bonds is 6. The van der Waals surface area contributed by atoms with Gasteiger partial charge in [0.2, 0.25) is 0 Å². The highest BCUT2D eigenvalue weighted by molar-refractivity contribution is 7.80. The largest absolute Gasteiger partial charge is 0.507 e. The minimum Gasteiger partial charge on any atom is -0.438 e. The van der Waals surface area contributed by atoms with Gasteiger partial charge in [-0.1, -0.05) is 0 Å². The van der Waals surface area contributed by atoms with Crippen LogP contribution in [0.1, 0.15) is 12.8 Å². The van der Waals surface area contributed by atoms with Gasteiger partial charge < -0.3 is 9.47 Å². The molecule has 0 radical (unpaired) electrons. The van der Waals surface area contributed by atoms with Gasteiger partial charge >= 0.3 is 16.6 Å². The second-order valence-electron chi connectivity index (χ2n) is 2.26. The molecule has 0 saturated heterocycles. The van der Waals surface area contributed by atoms with Gasteiger partial charge in [0.1, 0.15) is 0 Å². The van der Waals surface area contributed by atoms with Crippen molar-refractivity contribution in [3.63, 3.8) is 0 Å². The number of hydrogen-bond donors (Lipinski definition) is 1. The van der Waals surface area contributed by atoms with Gasteiger partial charge in [-0.15, -0.1) is 0 Å². The second kappa shape index (κ2) is 6.57. The third kappa shape index (κ3) is 9.23. The summed E-state index contributed by atoms with van der Waals surface area (Å²) in [6, 6.07) is 0. The number of unbranched alkanes of at least 4 members (excludes halogenated alkanes) is 1. The molecule has 0 amide bonds. The number of hydrogen-bond acceptors (Lipinski definition) is 6. The Hall–Kier alpha value is -0.860. The Bertz CT molecular complexity index is 257. The summed E-state index contributed by atoms with van der Waals surface area (Å²) in [7, 11) is -3.18. The molecule has 7 nitrogen and oxygen atoms in total. The zero-order chi connectivity index (χ0) is 11.0. The van der Waals surface area contributed by atoms with Crippen LogP contribution in [0.15, 0.2) is 0 Å². The molecule has 0 rings (SSSR count). The molecular formula is C6H12O7S. The van der Waals surface area contributed by atoms with Crippen molar-refractivity contribution < 1.29 is 31.4 Å². The van der Waals surface area contributed by atoms with Crippen LogP contribution in [-0.2, 0) is 24.1 Å². The molecule has 0 aliphatic carbocycles. The van der Waals surface area contributed by atoms with E-state index in [0.717, 1.165) is 0 Å². The van der Waals surface area contributed by atoms with Crippen LogP contribution in [0.4, 0.5) is 4.79 Å². The Morgan fingerprint density at radius 3 is 2.36 bits per heavy atom. The Balaban J connectivity index is 3.27. The van der Waals surface area contributed by atoms with E-state index < -0.39 is 16.6 Å². The Morgan fingerprint density at radius 1 is 1.29 bits per heavy atom. The second-order valence-corrected chi connectivity index (χ2v) is 3.35. The molecule has 0 aliphatic rings. The lowest BCUT2D eigenvalue weighted by Gasteiger charge is -2.02. The molecule has 0 aromatic carbocycles. The fourth-order valence-corrected chi connectivity index (χ4v) is 0.911. The lowest BCUT2D eigenvalue weighted by atomic mass is 10.3. The van der Waals surface area contributed by atoms with Gasteiger partial charge in [0.25, 0.3) is 0 Å². The van der Waals surface area contributed by atoms with Gasteiger partial charge in [-0.05, 0) is 12.8 Å². The average molecular weight is 228 g/mol. The molecular weight excluding hydrogens is 216 g/mol. The Morgan fingerprint density at radius 2 is 1.86 bits per heavy atom. The average Bonchev–Trinajstić information content (AvgIpc) is 2.08. The fourth-order valence-electron chi connectivity index (χ4n) is 0.583. The first-order valence-electron chi connectivity index (χ1n) is 3.78. The Labute approximate surface area is 81.9 Å². The van der Waals surface area contributed by atoms with Crippen molar-refractivity contribution in [2.24, 2.45) is 0 Å². The van der Waals surface area contributed by atoms with E-state index >= 15 is 0 Å². The van der Waals surface area contributed by atoms with Crippen molar-refractivity contribution in [1.82, 2.24) is 0 Å². The van der Waals surface area contributed by atoms with Gasteiger partial charge in [-0.3, -0.25) is 4.55 Å². The van der Waals surface area contributed by atoms with E-state index in [9.17, 15) is 13.2 Å². The van der Waals surface area contributed by atoms with Gasteiger partial charge in [-0.25, -0.2) is 8.98 Å². The van der Waals surface area contributed by atoms with Crippen LogP contribution in [0.3, 0.4) is 0 Å². The highest BCUT2D eigenvalue weighted by atomic mass is 32.3. The van der Waals surface area contributed by atoms with E-state index in [0.29, 0.717) is 12.8 Å². The standard InChI is InChI=1S/C6H12O7S/c1-11-6(7)12-4-2-3-5-13-14(8,9)10/h2-5H2,1H3,(H,8,9,10). The lowest BCUT2D eigenvalue weighted by molar-refractivity contribution is 0.0703. The van der Waals surface area contributed by atoms with Crippen molar-refractivity contribution in [3.8, 4) is 0 Å². The maximum absolute atomic E-state index is 10.4. The summed E-state index contributed by atoms with van der Waals surface area (Å²) in [5.74, 6) is 0. The summed E-state index contributed by atoms with van der Waals surface area (Å²) in [6.45, 7) is -0.0368. The Kier molecular flexibility index (Phi) is 6.17. The number of methoxy groups -OCH3 is 1. The van der Waals surface area contributed by atoms with Gasteiger partial charge in [0.05, 0.1) is 20.3 Å². The molecule has 0 aromatic rings. The zero-order valence-electron chi connectivity index (χ0n) is 7.63. The van der Waals surface area contributed by atoms with E-state index in [1.165, 1.54) is 7.11 Å². The molecule has 0 unspecified atom stereocenters. The topological polar surface area (TPSA) is 99.1 Å². The summed E-state index contributed by atoms with van der Waals surface area (Å²) in [4.78, 5) is 10.4. The summed E-state index contributed by atoms with van der Waals surface area (Å²) in [5.41, 5.74) is 0. The van der Waals surface area contributed by atoms with E-state index in [-0.39, 0.29) is 13.2 Å². The minimum atomic E-state index is -4.36. The molecule has 1 N–H and O–H groups in total. The van der Waals surface area contributed by atoms with E-state index in [1.54, 1.807) is 0 Å². The molecule has 0 aliphatic heterocycles. The van der Waals surface area contributed by atoms with Crippen molar-refractivity contribution in [2.75, 3.05) is 20.3 Å². The third-order valence-electron chi connectivity index (χ3n) is 1.16. The smallest absolute Gasteiger partial charge is 0.438 e. The molecule has 0 aromatic heterocycles. The summed E-state index contributed by atoms with van der Waals surface area (Å²) >= 11 is 0. The number of carbonyl (C=O) groups is 1. The molecule has 8 heteroatoms. The van der Waals surface area contributed by atoms with Crippen LogP contribution in [0.25, 0.3) is 0 Å². The zero-order valence-corrected chi connectivity index (χ0v) is 8.45. The minimum absolute atomic E-state index is 0.113. The maximum Gasteiger partial charge on any atom is 0.507 e. The SMILES string of the molecule is COC(=O)OCCCCOS(=O)(=O)O. The van der Waals surface area contributed by atoms with E-state index in [2.05, 4.69) is 13.7 Å². The van der Waals surface area contributed by atoms with Crippen molar-refractivity contribution >= 4 is 16.6 Å². The van der Waals surface area contributed by atoms with E-state index in [1.807, 2.05) is 0 Å². The van der Waals surface area contributed by atoms with Crippen LogP contribution < -0.4 is 0 Å². The van der Waals surface area contributed by atoms with Crippen LogP contribution >= 0.6 is 0 Å². The first kappa shape index (κ1) is 13.1. The van der Waals surface area contributed by atoms with Gasteiger partial charge in [-0.2, -0.15) is 8.42 Å². The van der Waals surface area contributed by atoms with Crippen LogP contribution in [0.5, 0.6) is 0 Å². The maximum atomic E-state index is 10.4. The first-order chi connectivity index (χ1) is 6.45. The highest BCUT2D eigenvalue weighted by Crippen LogP contribution is 1.95. The molecule has 84 valence electrons. The highest BCUT2D eigenvalue weighted by Gasteiger charge is 2.03. The molecule has 14 heavy (non-hydrogen) atoms. The molecule has 0 bridgehead atoms. The molecule has 0 heterocycles. The quantitative estimate of drug-likeness (QED) is 0.398. The fraction of sp³-hybridized carbons (Fsp3) is 0.833. The number of carbonyl (C=O) groups excluding carboxylic acids is 1. The normalized spacial score (nSPS) is 11.0. The molecule has 0 fully saturated rings.